The maximum atomic E-state index is 12.7. The molecule has 21 heavy (non-hydrogen) atoms. The maximum absolute atomic E-state index is 12.7. The number of nitrogens with one attached hydrogen (secondary N) is 3. The van der Waals surface area contributed by atoms with E-state index in [2.05, 4.69) is 25.9 Å². The molecule has 0 radical (unpaired) electrons. The number of carbonyl (C=O) groups is 1. The Bertz CT molecular complexity index is 516. The van der Waals surface area contributed by atoms with Crippen LogP contribution in [0, 0.1) is 0 Å². The molecule has 1 heterocycles. The Hall–Kier alpha value is -2.06. The van der Waals surface area contributed by atoms with E-state index in [0.717, 1.165) is 12.8 Å². The Morgan fingerprint density at radius 1 is 1.29 bits per heavy atom. The van der Waals surface area contributed by atoms with Gasteiger partial charge in [-0.25, -0.2) is 9.97 Å². The zero-order chi connectivity index (χ0) is 15.5. The molecule has 0 aliphatic heterocycles. The third-order valence-corrected chi connectivity index (χ3v) is 2.71. The molecule has 116 valence electrons. The fraction of sp³-hybridized carbons (Fsp3) is 0.583. The normalized spacial score (nSPS) is 14.7. The number of amides is 1. The van der Waals surface area contributed by atoms with Crippen molar-refractivity contribution >= 4 is 17.5 Å². The van der Waals surface area contributed by atoms with Crippen molar-refractivity contribution in [3.05, 3.63) is 11.9 Å². The van der Waals surface area contributed by atoms with Crippen LogP contribution in [0.4, 0.5) is 24.8 Å². The predicted octanol–water partition coefficient (Wildman–Crippen LogP) is 1.62. The van der Waals surface area contributed by atoms with Crippen LogP contribution >= 0.6 is 0 Å². The number of nitrogens with zero attached hydrogens (tertiary/aromatic N) is 2. The highest BCUT2D eigenvalue weighted by Crippen LogP contribution is 2.28. The van der Waals surface area contributed by atoms with Gasteiger partial charge in [0, 0.05) is 18.7 Å². The highest BCUT2D eigenvalue weighted by Gasteiger charge is 2.35. The minimum atomic E-state index is -4.64. The first-order valence-electron chi connectivity index (χ1n) is 6.62. The molecule has 1 fully saturated rings. The fourth-order valence-electron chi connectivity index (χ4n) is 1.61. The van der Waals surface area contributed by atoms with E-state index in [1.54, 1.807) is 6.92 Å². The molecule has 1 aliphatic rings. The first-order valence-corrected chi connectivity index (χ1v) is 6.62. The molecule has 2 rings (SSSR count). The summed E-state index contributed by atoms with van der Waals surface area (Å²) < 4.78 is 38.1. The third-order valence-electron chi connectivity index (χ3n) is 2.71. The van der Waals surface area contributed by atoms with Crippen LogP contribution in [0.1, 0.15) is 25.6 Å². The second-order valence-corrected chi connectivity index (χ2v) is 4.69. The third kappa shape index (κ3) is 4.76. The monoisotopic (exact) mass is 303 g/mol. The quantitative estimate of drug-likeness (QED) is 0.744. The van der Waals surface area contributed by atoms with Crippen molar-refractivity contribution in [3.8, 4) is 0 Å². The molecule has 0 aromatic carbocycles. The van der Waals surface area contributed by atoms with Gasteiger partial charge < -0.3 is 16.0 Å². The van der Waals surface area contributed by atoms with Crippen LogP contribution in [-0.4, -0.2) is 35.0 Å². The summed E-state index contributed by atoms with van der Waals surface area (Å²) in [5.74, 6) is -1.50. The molecule has 1 saturated carbocycles. The molecule has 0 unspecified atom stereocenters. The van der Waals surface area contributed by atoms with Crippen LogP contribution in [0.25, 0.3) is 0 Å². The van der Waals surface area contributed by atoms with Crippen molar-refractivity contribution in [2.45, 2.75) is 32.0 Å². The van der Waals surface area contributed by atoms with E-state index >= 15 is 0 Å². The second-order valence-electron chi connectivity index (χ2n) is 4.69. The lowest BCUT2D eigenvalue weighted by atomic mass is 10.4. The lowest BCUT2D eigenvalue weighted by Crippen LogP contribution is -2.31. The van der Waals surface area contributed by atoms with E-state index in [0.29, 0.717) is 6.54 Å². The summed E-state index contributed by atoms with van der Waals surface area (Å²) in [4.78, 5) is 18.3. The minimum Gasteiger partial charge on any atom is -0.370 e. The number of hydrogen-bond acceptors (Lipinski definition) is 5. The Morgan fingerprint density at radius 2 is 1.90 bits per heavy atom. The number of alkyl halides is 3. The highest BCUT2D eigenvalue weighted by molar-refractivity contribution is 5.81. The van der Waals surface area contributed by atoms with Crippen LogP contribution in [0.3, 0.4) is 0 Å². The maximum Gasteiger partial charge on any atom is 0.451 e. The number of hydrogen-bond donors (Lipinski definition) is 3. The van der Waals surface area contributed by atoms with Crippen molar-refractivity contribution < 1.29 is 18.0 Å². The summed E-state index contributed by atoms with van der Waals surface area (Å²) in [7, 11) is 0. The van der Waals surface area contributed by atoms with E-state index < -0.39 is 12.0 Å². The SMILES string of the molecule is CCNc1cc(NCC(=O)NC2CC2)nc(C(F)(F)F)n1. The first kappa shape index (κ1) is 15.3. The van der Waals surface area contributed by atoms with Gasteiger partial charge in [0.25, 0.3) is 0 Å². The summed E-state index contributed by atoms with van der Waals surface area (Å²) in [6.07, 6.45) is -2.75. The van der Waals surface area contributed by atoms with Gasteiger partial charge in [-0.15, -0.1) is 0 Å². The van der Waals surface area contributed by atoms with Crippen LogP contribution in [0.15, 0.2) is 6.07 Å². The molecular weight excluding hydrogens is 287 g/mol. The molecule has 9 heteroatoms. The van der Waals surface area contributed by atoms with Crippen molar-refractivity contribution in [3.63, 3.8) is 0 Å². The van der Waals surface area contributed by atoms with Crippen LogP contribution in [0.5, 0.6) is 0 Å². The molecule has 0 bridgehead atoms. The summed E-state index contributed by atoms with van der Waals surface area (Å²) in [5, 5.41) is 8.01. The predicted molar refractivity (Wildman–Crippen MR) is 70.9 cm³/mol. The molecule has 1 aromatic rings. The van der Waals surface area contributed by atoms with E-state index in [-0.39, 0.29) is 30.1 Å². The zero-order valence-corrected chi connectivity index (χ0v) is 11.4. The molecular formula is C12H16F3N5O. The van der Waals surface area contributed by atoms with Gasteiger partial charge in [0.05, 0.1) is 6.54 Å². The topological polar surface area (TPSA) is 78.9 Å². The van der Waals surface area contributed by atoms with E-state index in [4.69, 9.17) is 0 Å². The Labute approximate surface area is 119 Å². The van der Waals surface area contributed by atoms with Crippen molar-refractivity contribution in [1.29, 1.82) is 0 Å². The average molecular weight is 303 g/mol. The lowest BCUT2D eigenvalue weighted by molar-refractivity contribution is -0.144. The largest absolute Gasteiger partial charge is 0.451 e. The van der Waals surface area contributed by atoms with Gasteiger partial charge in [-0.1, -0.05) is 0 Å². The number of halogens is 3. The minimum absolute atomic E-state index is 0.0424. The summed E-state index contributed by atoms with van der Waals surface area (Å²) >= 11 is 0. The summed E-state index contributed by atoms with van der Waals surface area (Å²) in [5.41, 5.74) is 0. The Morgan fingerprint density at radius 3 is 2.43 bits per heavy atom. The van der Waals surface area contributed by atoms with Gasteiger partial charge in [0.15, 0.2) is 0 Å². The van der Waals surface area contributed by atoms with Gasteiger partial charge in [0.2, 0.25) is 11.7 Å². The van der Waals surface area contributed by atoms with E-state index in [9.17, 15) is 18.0 Å². The van der Waals surface area contributed by atoms with Gasteiger partial charge in [-0.05, 0) is 19.8 Å². The second kappa shape index (κ2) is 6.15. The molecule has 1 aromatic heterocycles. The van der Waals surface area contributed by atoms with Crippen LogP contribution in [0.2, 0.25) is 0 Å². The smallest absolute Gasteiger partial charge is 0.370 e. The van der Waals surface area contributed by atoms with Crippen molar-refractivity contribution in [1.82, 2.24) is 15.3 Å². The van der Waals surface area contributed by atoms with Gasteiger partial charge in [-0.2, -0.15) is 13.2 Å². The lowest BCUT2D eigenvalue weighted by Gasteiger charge is -2.12. The molecule has 0 atom stereocenters. The fourth-order valence-corrected chi connectivity index (χ4v) is 1.61. The zero-order valence-electron chi connectivity index (χ0n) is 11.4. The number of carbonyl (C=O) groups excluding carboxylic acids is 1. The van der Waals surface area contributed by atoms with Gasteiger partial charge in [-0.3, -0.25) is 4.79 Å². The van der Waals surface area contributed by atoms with Crippen molar-refractivity contribution in [2.24, 2.45) is 0 Å². The first-order chi connectivity index (χ1) is 9.88. The standard InChI is InChI=1S/C12H16F3N5O/c1-2-16-8-5-9(20-11(19-8)12(13,14)15)17-6-10(21)18-7-3-4-7/h5,7H,2-4,6H2,1H3,(H,18,21)(H2,16,17,19,20). The molecule has 1 aliphatic carbocycles. The molecule has 1 amide bonds. The molecule has 6 nitrogen and oxygen atoms in total. The molecule has 0 spiro atoms. The molecule has 3 N–H and O–H groups in total. The van der Waals surface area contributed by atoms with E-state index in [1.807, 2.05) is 0 Å². The summed E-state index contributed by atoms with van der Waals surface area (Å²) in [6, 6.07) is 1.54. The average Bonchev–Trinajstić information content (AvgIpc) is 3.19. The van der Waals surface area contributed by atoms with Gasteiger partial charge in [0.1, 0.15) is 11.6 Å². The summed E-state index contributed by atoms with van der Waals surface area (Å²) in [6.45, 7) is 2.04. The van der Waals surface area contributed by atoms with Crippen LogP contribution in [-0.2, 0) is 11.0 Å². The number of aromatic nitrogens is 2. The van der Waals surface area contributed by atoms with Gasteiger partial charge >= 0.3 is 6.18 Å². The molecule has 0 saturated heterocycles. The Kier molecular flexibility index (Phi) is 4.49. The highest BCUT2D eigenvalue weighted by atomic mass is 19.4. The number of rotatable bonds is 6. The van der Waals surface area contributed by atoms with E-state index in [1.165, 1.54) is 6.07 Å². The van der Waals surface area contributed by atoms with Crippen LogP contribution < -0.4 is 16.0 Å². The Balaban J connectivity index is 2.05. The number of anilines is 2. The van der Waals surface area contributed by atoms with Crippen molar-refractivity contribution in [2.75, 3.05) is 23.7 Å².